The number of H-pyrrole nitrogens is 1. The second kappa shape index (κ2) is 4.24. The Morgan fingerprint density at radius 1 is 1.42 bits per heavy atom. The normalized spacial score (nSPS) is 11.0. The summed E-state index contributed by atoms with van der Waals surface area (Å²) in [6.45, 7) is 2.01. The summed E-state index contributed by atoms with van der Waals surface area (Å²) in [5.74, 6) is -0.504. The zero-order chi connectivity index (χ0) is 13.4. The molecule has 6 nitrogen and oxygen atoms in total. The van der Waals surface area contributed by atoms with Crippen molar-refractivity contribution in [3.63, 3.8) is 0 Å². The van der Waals surface area contributed by atoms with Crippen LogP contribution in [0.5, 0.6) is 0 Å². The Labute approximate surface area is 107 Å². The van der Waals surface area contributed by atoms with Gasteiger partial charge in [-0.3, -0.25) is 4.79 Å². The van der Waals surface area contributed by atoms with Crippen LogP contribution in [0.1, 0.15) is 17.4 Å². The number of hydrogen-bond acceptors (Lipinski definition) is 4. The standard InChI is InChI=1S/C13H11N3O3/c1-2-19-13(18)9-7-11-14-12(17)8-5-3-4-6-10(8)16(11)15-9/h3-7H,2H2,1H3,(H,14,17). The lowest BCUT2D eigenvalue weighted by Gasteiger charge is -1.99. The highest BCUT2D eigenvalue weighted by Crippen LogP contribution is 2.12. The molecular formula is C13H11N3O3. The van der Waals surface area contributed by atoms with Gasteiger partial charge in [0.15, 0.2) is 5.69 Å². The maximum atomic E-state index is 11.9. The summed E-state index contributed by atoms with van der Waals surface area (Å²) in [5.41, 5.74) is 1.08. The first-order valence-corrected chi connectivity index (χ1v) is 5.88. The van der Waals surface area contributed by atoms with Crippen molar-refractivity contribution in [3.8, 4) is 0 Å². The summed E-state index contributed by atoms with van der Waals surface area (Å²) in [7, 11) is 0. The van der Waals surface area contributed by atoms with E-state index < -0.39 is 5.97 Å². The van der Waals surface area contributed by atoms with Gasteiger partial charge in [0, 0.05) is 6.07 Å². The number of hydrogen-bond donors (Lipinski definition) is 1. The lowest BCUT2D eigenvalue weighted by molar-refractivity contribution is 0.0519. The van der Waals surface area contributed by atoms with Gasteiger partial charge in [-0.15, -0.1) is 0 Å². The topological polar surface area (TPSA) is 76.5 Å². The molecule has 6 heteroatoms. The fourth-order valence-corrected chi connectivity index (χ4v) is 1.99. The molecule has 19 heavy (non-hydrogen) atoms. The van der Waals surface area contributed by atoms with Gasteiger partial charge in [-0.2, -0.15) is 5.10 Å². The molecule has 0 aliphatic rings. The number of aromatic amines is 1. The number of fused-ring (bicyclic) bond motifs is 3. The number of rotatable bonds is 2. The van der Waals surface area contributed by atoms with Crippen LogP contribution in [0.25, 0.3) is 16.6 Å². The van der Waals surface area contributed by atoms with Crippen molar-refractivity contribution in [2.75, 3.05) is 6.61 Å². The largest absolute Gasteiger partial charge is 0.461 e. The molecule has 0 fully saturated rings. The average Bonchev–Trinajstić information content (AvgIpc) is 2.83. The molecule has 3 aromatic rings. The number of ether oxygens (including phenoxy) is 1. The van der Waals surface area contributed by atoms with Gasteiger partial charge in [0.25, 0.3) is 5.56 Å². The van der Waals surface area contributed by atoms with E-state index in [1.807, 2.05) is 6.07 Å². The fourth-order valence-electron chi connectivity index (χ4n) is 1.99. The van der Waals surface area contributed by atoms with Gasteiger partial charge < -0.3 is 9.72 Å². The van der Waals surface area contributed by atoms with Crippen molar-refractivity contribution in [1.82, 2.24) is 14.6 Å². The zero-order valence-electron chi connectivity index (χ0n) is 10.2. The molecule has 0 aliphatic heterocycles. The lowest BCUT2D eigenvalue weighted by atomic mass is 10.2. The molecule has 0 radical (unpaired) electrons. The molecule has 96 valence electrons. The molecule has 2 heterocycles. The van der Waals surface area contributed by atoms with Crippen LogP contribution in [0.2, 0.25) is 0 Å². The highest BCUT2D eigenvalue weighted by atomic mass is 16.5. The van der Waals surface area contributed by atoms with Crippen molar-refractivity contribution < 1.29 is 9.53 Å². The molecule has 1 aromatic carbocycles. The summed E-state index contributed by atoms with van der Waals surface area (Å²) < 4.78 is 6.42. The third-order valence-corrected chi connectivity index (χ3v) is 2.81. The Balaban J connectivity index is 2.31. The summed E-state index contributed by atoms with van der Waals surface area (Å²) in [4.78, 5) is 26.2. The van der Waals surface area contributed by atoms with Gasteiger partial charge in [0.05, 0.1) is 17.5 Å². The third kappa shape index (κ3) is 1.77. The number of esters is 1. The van der Waals surface area contributed by atoms with Crippen LogP contribution in [-0.2, 0) is 4.74 Å². The van der Waals surface area contributed by atoms with E-state index in [4.69, 9.17) is 4.74 Å². The Morgan fingerprint density at radius 2 is 2.21 bits per heavy atom. The first-order chi connectivity index (χ1) is 9.20. The molecule has 0 aliphatic carbocycles. The second-order valence-corrected chi connectivity index (χ2v) is 4.02. The Bertz CT molecular complexity index is 832. The van der Waals surface area contributed by atoms with Crippen molar-refractivity contribution in [3.05, 3.63) is 46.4 Å². The van der Waals surface area contributed by atoms with E-state index in [0.717, 1.165) is 0 Å². The van der Waals surface area contributed by atoms with Crippen molar-refractivity contribution in [2.24, 2.45) is 0 Å². The number of carbonyl (C=O) groups is 1. The monoisotopic (exact) mass is 257 g/mol. The number of aromatic nitrogens is 3. The molecule has 0 saturated carbocycles. The van der Waals surface area contributed by atoms with Gasteiger partial charge in [-0.05, 0) is 19.1 Å². The molecule has 0 bridgehead atoms. The maximum Gasteiger partial charge on any atom is 0.358 e. The molecule has 3 rings (SSSR count). The first kappa shape index (κ1) is 11.5. The van der Waals surface area contributed by atoms with Gasteiger partial charge in [0.1, 0.15) is 5.65 Å². The molecule has 0 unspecified atom stereocenters. The number of nitrogens with one attached hydrogen (secondary N) is 1. The van der Waals surface area contributed by atoms with E-state index in [1.165, 1.54) is 10.6 Å². The summed E-state index contributed by atoms with van der Waals surface area (Å²) in [5, 5.41) is 4.69. The van der Waals surface area contributed by atoms with Crippen LogP contribution < -0.4 is 5.56 Å². The molecule has 0 spiro atoms. The highest BCUT2D eigenvalue weighted by Gasteiger charge is 2.14. The third-order valence-electron chi connectivity index (χ3n) is 2.81. The predicted molar refractivity (Wildman–Crippen MR) is 69.3 cm³/mol. The van der Waals surface area contributed by atoms with E-state index in [-0.39, 0.29) is 17.9 Å². The van der Waals surface area contributed by atoms with Gasteiger partial charge in [-0.25, -0.2) is 9.31 Å². The number of para-hydroxylation sites is 1. The van der Waals surface area contributed by atoms with Gasteiger partial charge >= 0.3 is 5.97 Å². The van der Waals surface area contributed by atoms with Crippen LogP contribution in [0.4, 0.5) is 0 Å². The SMILES string of the molecule is CCOC(=O)c1cc2[nH]c(=O)c3ccccc3n2n1. The number of nitrogens with zero attached hydrogens (tertiary/aromatic N) is 2. The van der Waals surface area contributed by atoms with Crippen molar-refractivity contribution in [1.29, 1.82) is 0 Å². The number of benzene rings is 1. The van der Waals surface area contributed by atoms with E-state index >= 15 is 0 Å². The molecule has 0 amide bonds. The van der Waals surface area contributed by atoms with Crippen molar-refractivity contribution >= 4 is 22.5 Å². The minimum absolute atomic E-state index is 0.175. The average molecular weight is 257 g/mol. The predicted octanol–water partition coefficient (Wildman–Crippen LogP) is 1.35. The number of carbonyl (C=O) groups excluding carboxylic acids is 1. The van der Waals surface area contributed by atoms with Gasteiger partial charge in [0.2, 0.25) is 0 Å². The maximum absolute atomic E-state index is 11.9. The fraction of sp³-hybridized carbons (Fsp3) is 0.154. The zero-order valence-corrected chi connectivity index (χ0v) is 10.2. The smallest absolute Gasteiger partial charge is 0.358 e. The van der Waals surface area contributed by atoms with E-state index in [2.05, 4.69) is 10.1 Å². The first-order valence-electron chi connectivity index (χ1n) is 5.88. The Hall–Kier alpha value is -2.63. The van der Waals surface area contributed by atoms with Crippen LogP contribution >= 0.6 is 0 Å². The lowest BCUT2D eigenvalue weighted by Crippen LogP contribution is -2.09. The molecule has 0 saturated heterocycles. The minimum Gasteiger partial charge on any atom is -0.461 e. The second-order valence-electron chi connectivity index (χ2n) is 4.02. The summed E-state index contributed by atoms with van der Waals surface area (Å²) >= 11 is 0. The molecule has 1 N–H and O–H groups in total. The Morgan fingerprint density at radius 3 is 3.00 bits per heavy atom. The van der Waals surface area contributed by atoms with E-state index in [9.17, 15) is 9.59 Å². The summed E-state index contributed by atoms with van der Waals surface area (Å²) in [6, 6.07) is 8.58. The van der Waals surface area contributed by atoms with Gasteiger partial charge in [-0.1, -0.05) is 12.1 Å². The minimum atomic E-state index is -0.504. The van der Waals surface area contributed by atoms with Crippen LogP contribution in [-0.4, -0.2) is 27.2 Å². The van der Waals surface area contributed by atoms with E-state index in [0.29, 0.717) is 16.6 Å². The quantitative estimate of drug-likeness (QED) is 0.703. The van der Waals surface area contributed by atoms with Crippen LogP contribution in [0, 0.1) is 0 Å². The van der Waals surface area contributed by atoms with Crippen LogP contribution in [0.15, 0.2) is 35.1 Å². The van der Waals surface area contributed by atoms with Crippen molar-refractivity contribution in [2.45, 2.75) is 6.92 Å². The molecular weight excluding hydrogens is 246 g/mol. The summed E-state index contributed by atoms with van der Waals surface area (Å²) in [6.07, 6.45) is 0. The van der Waals surface area contributed by atoms with E-state index in [1.54, 1.807) is 25.1 Å². The Kier molecular flexibility index (Phi) is 2.56. The molecule has 0 atom stereocenters. The molecule has 2 aromatic heterocycles. The highest BCUT2D eigenvalue weighted by molar-refractivity contribution is 5.89. The van der Waals surface area contributed by atoms with Crippen LogP contribution in [0.3, 0.4) is 0 Å².